The van der Waals surface area contributed by atoms with Crippen molar-refractivity contribution in [3.63, 3.8) is 0 Å². The predicted molar refractivity (Wildman–Crippen MR) is 76.3 cm³/mol. The zero-order chi connectivity index (χ0) is 13.7. The number of hydrogen-bond donors (Lipinski definition) is 0. The second-order valence-corrected chi connectivity index (χ2v) is 5.29. The van der Waals surface area contributed by atoms with Crippen molar-refractivity contribution in [3.8, 4) is 0 Å². The molecule has 1 aromatic carbocycles. The average molecular weight is 261 g/mol. The first-order chi connectivity index (χ1) is 9.20. The van der Waals surface area contributed by atoms with Crippen LogP contribution in [0.1, 0.15) is 36.8 Å². The van der Waals surface area contributed by atoms with Crippen molar-refractivity contribution in [2.45, 2.75) is 32.1 Å². The van der Waals surface area contributed by atoms with E-state index in [1.54, 1.807) is 0 Å². The molecule has 0 amide bonds. The van der Waals surface area contributed by atoms with E-state index in [0.29, 0.717) is 19.1 Å². The Kier molecular flexibility index (Phi) is 4.97. The number of ether oxygens (including phenoxy) is 1. The predicted octanol–water partition coefficient (Wildman–Crippen LogP) is 2.60. The molecule has 1 unspecified atom stereocenters. The lowest BCUT2D eigenvalue weighted by Crippen LogP contribution is -2.32. The number of carbonyl (C=O) groups is 1. The summed E-state index contributed by atoms with van der Waals surface area (Å²) < 4.78 is 4.99. The molecule has 1 aliphatic carbocycles. The Labute approximate surface area is 115 Å². The van der Waals surface area contributed by atoms with E-state index < -0.39 is 0 Å². The standard InChI is InChI=1S/C16H23NO2/c1-3-19-16(18)12-17(2)11-14-9-6-8-13-7-4-5-10-15(13)14/h4-5,7,10,14H,3,6,8-9,11-12H2,1-2H3. The molecule has 19 heavy (non-hydrogen) atoms. The van der Waals surface area contributed by atoms with E-state index >= 15 is 0 Å². The summed E-state index contributed by atoms with van der Waals surface area (Å²) in [5.41, 5.74) is 2.94. The van der Waals surface area contributed by atoms with Crippen LogP contribution in [0.4, 0.5) is 0 Å². The quantitative estimate of drug-likeness (QED) is 0.763. The molecule has 3 heteroatoms. The summed E-state index contributed by atoms with van der Waals surface area (Å²) in [4.78, 5) is 13.6. The molecule has 1 aliphatic rings. The maximum Gasteiger partial charge on any atom is 0.320 e. The molecule has 3 nitrogen and oxygen atoms in total. The van der Waals surface area contributed by atoms with E-state index in [1.165, 1.54) is 30.4 Å². The third-order valence-corrected chi connectivity index (χ3v) is 3.73. The normalized spacial score (nSPS) is 18.2. The highest BCUT2D eigenvalue weighted by molar-refractivity contribution is 5.71. The number of aryl methyl sites for hydroxylation is 1. The highest BCUT2D eigenvalue weighted by atomic mass is 16.5. The fourth-order valence-corrected chi connectivity index (χ4v) is 2.91. The van der Waals surface area contributed by atoms with Crippen LogP contribution in [0.25, 0.3) is 0 Å². The average Bonchev–Trinajstić information content (AvgIpc) is 2.39. The second kappa shape index (κ2) is 6.71. The fraction of sp³-hybridized carbons (Fsp3) is 0.562. The van der Waals surface area contributed by atoms with Gasteiger partial charge in [0.15, 0.2) is 0 Å². The van der Waals surface area contributed by atoms with Gasteiger partial charge in [0.05, 0.1) is 13.2 Å². The Morgan fingerprint density at radius 2 is 2.21 bits per heavy atom. The molecule has 2 rings (SSSR count). The van der Waals surface area contributed by atoms with Gasteiger partial charge in [-0.05, 0) is 50.3 Å². The van der Waals surface area contributed by atoms with Crippen LogP contribution < -0.4 is 0 Å². The topological polar surface area (TPSA) is 29.5 Å². The number of esters is 1. The van der Waals surface area contributed by atoms with Gasteiger partial charge in [-0.3, -0.25) is 9.69 Å². The minimum atomic E-state index is -0.130. The molecular formula is C16H23NO2. The van der Waals surface area contributed by atoms with Gasteiger partial charge in [0.1, 0.15) is 0 Å². The van der Waals surface area contributed by atoms with Crippen LogP contribution in [0.5, 0.6) is 0 Å². The molecular weight excluding hydrogens is 238 g/mol. The zero-order valence-corrected chi connectivity index (χ0v) is 11.9. The van der Waals surface area contributed by atoms with Crippen molar-refractivity contribution in [1.29, 1.82) is 0 Å². The maximum atomic E-state index is 11.5. The number of carbonyl (C=O) groups excluding carboxylic acids is 1. The first-order valence-electron chi connectivity index (χ1n) is 7.12. The SMILES string of the molecule is CCOC(=O)CN(C)CC1CCCc2ccccc21. The van der Waals surface area contributed by atoms with E-state index in [9.17, 15) is 4.79 Å². The van der Waals surface area contributed by atoms with Crippen LogP contribution in [-0.4, -0.2) is 37.6 Å². The van der Waals surface area contributed by atoms with Gasteiger partial charge in [-0.2, -0.15) is 0 Å². The molecule has 0 saturated carbocycles. The second-order valence-electron chi connectivity index (χ2n) is 5.29. The summed E-state index contributed by atoms with van der Waals surface area (Å²) >= 11 is 0. The monoisotopic (exact) mass is 261 g/mol. The van der Waals surface area contributed by atoms with Crippen molar-refractivity contribution in [2.24, 2.45) is 0 Å². The smallest absolute Gasteiger partial charge is 0.320 e. The highest BCUT2D eigenvalue weighted by Crippen LogP contribution is 2.31. The number of hydrogen-bond acceptors (Lipinski definition) is 3. The first-order valence-corrected chi connectivity index (χ1v) is 7.12. The van der Waals surface area contributed by atoms with Crippen LogP contribution in [0.2, 0.25) is 0 Å². The Morgan fingerprint density at radius 1 is 1.42 bits per heavy atom. The fourth-order valence-electron chi connectivity index (χ4n) is 2.91. The molecule has 0 aliphatic heterocycles. The molecule has 0 radical (unpaired) electrons. The zero-order valence-electron chi connectivity index (χ0n) is 11.9. The molecule has 1 aromatic rings. The maximum absolute atomic E-state index is 11.5. The van der Waals surface area contributed by atoms with Crippen molar-refractivity contribution in [2.75, 3.05) is 26.7 Å². The van der Waals surface area contributed by atoms with Gasteiger partial charge < -0.3 is 4.74 Å². The molecule has 0 bridgehead atoms. The van der Waals surface area contributed by atoms with E-state index in [4.69, 9.17) is 4.74 Å². The van der Waals surface area contributed by atoms with Crippen LogP contribution in [-0.2, 0) is 16.0 Å². The van der Waals surface area contributed by atoms with Gasteiger partial charge >= 0.3 is 5.97 Å². The number of nitrogens with zero attached hydrogens (tertiary/aromatic N) is 1. The van der Waals surface area contributed by atoms with E-state index in [0.717, 1.165) is 6.54 Å². The summed E-state index contributed by atoms with van der Waals surface area (Å²) in [5.74, 6) is 0.415. The molecule has 104 valence electrons. The van der Waals surface area contributed by atoms with Crippen LogP contribution in [0, 0.1) is 0 Å². The summed E-state index contributed by atoms with van der Waals surface area (Å²) in [5, 5.41) is 0. The van der Waals surface area contributed by atoms with Gasteiger partial charge in [0.2, 0.25) is 0 Å². The number of rotatable bonds is 5. The lowest BCUT2D eigenvalue weighted by molar-refractivity contribution is -0.144. The van der Waals surface area contributed by atoms with Crippen LogP contribution in [0.3, 0.4) is 0 Å². The summed E-state index contributed by atoms with van der Waals surface area (Å²) in [6.45, 7) is 3.61. The first kappa shape index (κ1) is 14.1. The van der Waals surface area contributed by atoms with Crippen molar-refractivity contribution >= 4 is 5.97 Å². The summed E-state index contributed by atoms with van der Waals surface area (Å²) in [6, 6.07) is 8.69. The molecule has 1 atom stereocenters. The Bertz CT molecular complexity index is 431. The van der Waals surface area contributed by atoms with Crippen molar-refractivity contribution < 1.29 is 9.53 Å². The molecule has 0 saturated heterocycles. The lowest BCUT2D eigenvalue weighted by Gasteiger charge is -2.29. The molecule has 0 heterocycles. The Balaban J connectivity index is 1.95. The molecule has 0 aromatic heterocycles. The highest BCUT2D eigenvalue weighted by Gasteiger charge is 2.21. The van der Waals surface area contributed by atoms with Crippen LogP contribution in [0.15, 0.2) is 24.3 Å². The van der Waals surface area contributed by atoms with Gasteiger partial charge in [0.25, 0.3) is 0 Å². The van der Waals surface area contributed by atoms with Gasteiger partial charge in [0, 0.05) is 6.54 Å². The third-order valence-electron chi connectivity index (χ3n) is 3.73. The van der Waals surface area contributed by atoms with E-state index in [-0.39, 0.29) is 5.97 Å². The molecule has 0 spiro atoms. The lowest BCUT2D eigenvalue weighted by atomic mass is 9.82. The summed E-state index contributed by atoms with van der Waals surface area (Å²) in [7, 11) is 1.99. The van der Waals surface area contributed by atoms with Gasteiger partial charge in [-0.25, -0.2) is 0 Å². The third kappa shape index (κ3) is 3.80. The largest absolute Gasteiger partial charge is 0.465 e. The van der Waals surface area contributed by atoms with Gasteiger partial charge in [-0.15, -0.1) is 0 Å². The number of benzene rings is 1. The minimum absolute atomic E-state index is 0.130. The number of fused-ring (bicyclic) bond motifs is 1. The van der Waals surface area contributed by atoms with Crippen molar-refractivity contribution in [1.82, 2.24) is 4.90 Å². The molecule has 0 fully saturated rings. The Hall–Kier alpha value is -1.35. The Morgan fingerprint density at radius 3 is 3.00 bits per heavy atom. The van der Waals surface area contributed by atoms with Gasteiger partial charge in [-0.1, -0.05) is 24.3 Å². The van der Waals surface area contributed by atoms with E-state index in [2.05, 4.69) is 29.2 Å². The van der Waals surface area contributed by atoms with E-state index in [1.807, 2.05) is 14.0 Å². The minimum Gasteiger partial charge on any atom is -0.465 e. The van der Waals surface area contributed by atoms with Crippen molar-refractivity contribution in [3.05, 3.63) is 35.4 Å². The van der Waals surface area contributed by atoms with Crippen LogP contribution >= 0.6 is 0 Å². The molecule has 0 N–H and O–H groups in total. The number of likely N-dealkylation sites (N-methyl/N-ethyl adjacent to an activating group) is 1. The summed E-state index contributed by atoms with van der Waals surface area (Å²) in [6.07, 6.45) is 3.65.